The molecule has 4 nitrogen and oxygen atoms in total. The van der Waals surface area contributed by atoms with Gasteiger partial charge in [0.1, 0.15) is 0 Å². The predicted octanol–water partition coefficient (Wildman–Crippen LogP) is 1.22. The van der Waals surface area contributed by atoms with Crippen LogP contribution >= 0.6 is 0 Å². The Balaban J connectivity index is 2.00. The Morgan fingerprint density at radius 3 is 2.67 bits per heavy atom. The first-order chi connectivity index (χ1) is 8.74. The van der Waals surface area contributed by atoms with Crippen molar-refractivity contribution in [3.63, 3.8) is 0 Å². The molecule has 0 bridgehead atoms. The molecule has 1 amide bonds. The zero-order valence-corrected chi connectivity index (χ0v) is 12.0. The minimum atomic E-state index is 0.0694. The number of hydrogen-bond acceptors (Lipinski definition) is 3. The van der Waals surface area contributed by atoms with Gasteiger partial charge in [-0.1, -0.05) is 20.3 Å². The lowest BCUT2D eigenvalue weighted by molar-refractivity contribution is -0.124. The summed E-state index contributed by atoms with van der Waals surface area (Å²) in [5.74, 6) is 0.245. The molecular weight excluding hydrogens is 226 g/mol. The Labute approximate surface area is 111 Å². The third kappa shape index (κ3) is 6.36. The molecule has 1 rings (SSSR count). The number of piperidine rings is 1. The van der Waals surface area contributed by atoms with Crippen LogP contribution in [0.3, 0.4) is 0 Å². The zero-order valence-electron chi connectivity index (χ0n) is 12.0. The van der Waals surface area contributed by atoms with Crippen molar-refractivity contribution in [1.29, 1.82) is 0 Å². The second-order valence-corrected chi connectivity index (χ2v) is 5.26. The molecule has 0 aromatic heterocycles. The molecular formula is C14H29N3O. The number of likely N-dealkylation sites (tertiary alicyclic amines) is 1. The topological polar surface area (TPSA) is 44.4 Å². The average molecular weight is 255 g/mol. The van der Waals surface area contributed by atoms with Gasteiger partial charge in [-0.15, -0.1) is 0 Å². The van der Waals surface area contributed by atoms with Crippen molar-refractivity contribution in [2.75, 3.05) is 39.3 Å². The molecule has 1 unspecified atom stereocenters. The van der Waals surface area contributed by atoms with Crippen LogP contribution in [0.4, 0.5) is 0 Å². The van der Waals surface area contributed by atoms with E-state index in [9.17, 15) is 4.79 Å². The molecule has 1 aliphatic rings. The van der Waals surface area contributed by atoms with E-state index in [0.29, 0.717) is 0 Å². The molecule has 0 spiro atoms. The SMILES string of the molecule is CCNCC(C)C(=O)NCCCN1CCCCC1. The highest BCUT2D eigenvalue weighted by molar-refractivity contribution is 5.78. The molecule has 0 aromatic carbocycles. The number of nitrogens with one attached hydrogen (secondary N) is 2. The number of nitrogens with zero attached hydrogens (tertiary/aromatic N) is 1. The van der Waals surface area contributed by atoms with Gasteiger partial charge in [-0.3, -0.25) is 4.79 Å². The molecule has 4 heteroatoms. The van der Waals surface area contributed by atoms with Crippen LogP contribution in [0.5, 0.6) is 0 Å². The van der Waals surface area contributed by atoms with E-state index in [4.69, 9.17) is 0 Å². The summed E-state index contributed by atoms with van der Waals surface area (Å²) in [6, 6.07) is 0. The van der Waals surface area contributed by atoms with Gasteiger partial charge in [-0.05, 0) is 45.4 Å². The van der Waals surface area contributed by atoms with Gasteiger partial charge in [-0.2, -0.15) is 0 Å². The second kappa shape index (κ2) is 9.34. The smallest absolute Gasteiger partial charge is 0.224 e. The molecule has 0 aliphatic carbocycles. The van der Waals surface area contributed by atoms with Crippen LogP contribution in [0.15, 0.2) is 0 Å². The summed E-state index contributed by atoms with van der Waals surface area (Å²) in [5, 5.41) is 6.23. The van der Waals surface area contributed by atoms with Crippen molar-refractivity contribution in [2.24, 2.45) is 5.92 Å². The van der Waals surface area contributed by atoms with E-state index in [2.05, 4.69) is 22.5 Å². The molecule has 1 atom stereocenters. The Kier molecular flexibility index (Phi) is 8.01. The lowest BCUT2D eigenvalue weighted by Gasteiger charge is -2.26. The van der Waals surface area contributed by atoms with Crippen LogP contribution in [-0.4, -0.2) is 50.1 Å². The van der Waals surface area contributed by atoms with E-state index in [1.54, 1.807) is 0 Å². The lowest BCUT2D eigenvalue weighted by atomic mass is 10.1. The number of rotatable bonds is 8. The highest BCUT2D eigenvalue weighted by atomic mass is 16.1. The summed E-state index contributed by atoms with van der Waals surface area (Å²) in [7, 11) is 0. The van der Waals surface area contributed by atoms with Gasteiger partial charge < -0.3 is 15.5 Å². The first kappa shape index (κ1) is 15.4. The molecule has 0 radical (unpaired) electrons. The molecule has 1 saturated heterocycles. The van der Waals surface area contributed by atoms with E-state index in [0.717, 1.165) is 32.6 Å². The summed E-state index contributed by atoms with van der Waals surface area (Å²) in [5.41, 5.74) is 0. The predicted molar refractivity (Wildman–Crippen MR) is 75.6 cm³/mol. The Morgan fingerprint density at radius 1 is 1.28 bits per heavy atom. The van der Waals surface area contributed by atoms with Crippen LogP contribution < -0.4 is 10.6 Å². The maximum absolute atomic E-state index is 11.7. The Bertz CT molecular complexity index is 227. The fourth-order valence-electron chi connectivity index (χ4n) is 2.33. The lowest BCUT2D eigenvalue weighted by Crippen LogP contribution is -2.37. The average Bonchev–Trinajstić information content (AvgIpc) is 2.41. The van der Waals surface area contributed by atoms with Gasteiger partial charge in [0.15, 0.2) is 0 Å². The van der Waals surface area contributed by atoms with Crippen molar-refractivity contribution < 1.29 is 4.79 Å². The van der Waals surface area contributed by atoms with Gasteiger partial charge in [-0.25, -0.2) is 0 Å². The number of carbonyl (C=O) groups excluding carboxylic acids is 1. The molecule has 2 N–H and O–H groups in total. The third-order valence-corrected chi connectivity index (χ3v) is 3.55. The van der Waals surface area contributed by atoms with E-state index in [1.807, 2.05) is 6.92 Å². The highest BCUT2D eigenvalue weighted by Gasteiger charge is 2.12. The molecule has 106 valence electrons. The Hall–Kier alpha value is -0.610. The summed E-state index contributed by atoms with van der Waals surface area (Å²) < 4.78 is 0. The molecule has 18 heavy (non-hydrogen) atoms. The van der Waals surface area contributed by atoms with E-state index >= 15 is 0 Å². The fraction of sp³-hybridized carbons (Fsp3) is 0.929. The zero-order chi connectivity index (χ0) is 13.2. The van der Waals surface area contributed by atoms with Crippen molar-refractivity contribution in [3.05, 3.63) is 0 Å². The van der Waals surface area contributed by atoms with Crippen LogP contribution in [0.25, 0.3) is 0 Å². The Morgan fingerprint density at radius 2 is 2.00 bits per heavy atom. The number of hydrogen-bond donors (Lipinski definition) is 2. The molecule has 1 heterocycles. The monoisotopic (exact) mass is 255 g/mol. The maximum atomic E-state index is 11.7. The van der Waals surface area contributed by atoms with E-state index < -0.39 is 0 Å². The van der Waals surface area contributed by atoms with Crippen LogP contribution in [0.2, 0.25) is 0 Å². The minimum Gasteiger partial charge on any atom is -0.356 e. The van der Waals surface area contributed by atoms with Gasteiger partial charge in [0.25, 0.3) is 0 Å². The fourth-order valence-corrected chi connectivity index (χ4v) is 2.33. The molecule has 0 saturated carbocycles. The summed E-state index contributed by atoms with van der Waals surface area (Å²) in [6.45, 7) is 10.1. The van der Waals surface area contributed by atoms with Crippen LogP contribution in [0.1, 0.15) is 39.5 Å². The summed E-state index contributed by atoms with van der Waals surface area (Å²) in [4.78, 5) is 14.2. The van der Waals surface area contributed by atoms with Gasteiger partial charge in [0.2, 0.25) is 5.91 Å². The maximum Gasteiger partial charge on any atom is 0.224 e. The summed E-state index contributed by atoms with van der Waals surface area (Å²) >= 11 is 0. The van der Waals surface area contributed by atoms with E-state index in [-0.39, 0.29) is 11.8 Å². The number of amides is 1. The van der Waals surface area contributed by atoms with Crippen molar-refractivity contribution >= 4 is 5.91 Å². The molecule has 1 fully saturated rings. The second-order valence-electron chi connectivity index (χ2n) is 5.26. The van der Waals surface area contributed by atoms with Gasteiger partial charge >= 0.3 is 0 Å². The normalized spacial score (nSPS) is 18.6. The van der Waals surface area contributed by atoms with Gasteiger partial charge in [0.05, 0.1) is 0 Å². The van der Waals surface area contributed by atoms with Crippen molar-refractivity contribution in [2.45, 2.75) is 39.5 Å². The van der Waals surface area contributed by atoms with Gasteiger partial charge in [0, 0.05) is 19.0 Å². The molecule has 0 aromatic rings. The standard InChI is InChI=1S/C14H29N3O/c1-3-15-12-13(2)14(18)16-8-7-11-17-9-5-4-6-10-17/h13,15H,3-12H2,1-2H3,(H,16,18). The summed E-state index contributed by atoms with van der Waals surface area (Å²) in [6.07, 6.45) is 5.13. The van der Waals surface area contributed by atoms with Crippen molar-refractivity contribution in [3.8, 4) is 0 Å². The van der Waals surface area contributed by atoms with E-state index in [1.165, 1.54) is 32.4 Å². The third-order valence-electron chi connectivity index (χ3n) is 3.55. The minimum absolute atomic E-state index is 0.0694. The first-order valence-corrected chi connectivity index (χ1v) is 7.44. The first-order valence-electron chi connectivity index (χ1n) is 7.44. The van der Waals surface area contributed by atoms with Crippen LogP contribution in [0, 0.1) is 5.92 Å². The quantitative estimate of drug-likeness (QED) is 0.641. The molecule has 1 aliphatic heterocycles. The van der Waals surface area contributed by atoms with Crippen LogP contribution in [-0.2, 0) is 4.79 Å². The van der Waals surface area contributed by atoms with Crippen molar-refractivity contribution in [1.82, 2.24) is 15.5 Å². The number of carbonyl (C=O) groups is 1. The highest BCUT2D eigenvalue weighted by Crippen LogP contribution is 2.08. The largest absolute Gasteiger partial charge is 0.356 e.